The van der Waals surface area contributed by atoms with E-state index < -0.39 is 46.9 Å². The number of imide groups is 1. The summed E-state index contributed by atoms with van der Waals surface area (Å²) in [5, 5.41) is 0. The fourth-order valence-electron chi connectivity index (χ4n) is 5.89. The van der Waals surface area contributed by atoms with Crippen LogP contribution in [0.25, 0.3) is 0 Å². The number of benzene rings is 3. The Bertz CT molecular complexity index is 1450. The summed E-state index contributed by atoms with van der Waals surface area (Å²) in [6.45, 7) is 0.749. The number of carbonyl (C=O) groups excluding carboxylic acids is 4. The summed E-state index contributed by atoms with van der Waals surface area (Å²) >= 11 is 0. The van der Waals surface area contributed by atoms with Gasteiger partial charge in [0.1, 0.15) is 13.2 Å². The van der Waals surface area contributed by atoms with Gasteiger partial charge in [-0.15, -0.1) is 0 Å². The first kappa shape index (κ1) is 21.0. The lowest BCUT2D eigenvalue weighted by atomic mass is 9.77. The molecule has 1 spiro atoms. The lowest BCUT2D eigenvalue weighted by molar-refractivity contribution is -0.127. The summed E-state index contributed by atoms with van der Waals surface area (Å²) in [5.41, 5.74) is -0.780. The quantitative estimate of drug-likeness (QED) is 0.410. The smallest absolute Gasteiger partial charge is 0.241 e. The van der Waals surface area contributed by atoms with Crippen LogP contribution in [0, 0.1) is 11.8 Å². The minimum atomic E-state index is -2.09. The summed E-state index contributed by atoms with van der Waals surface area (Å²) in [4.78, 5) is 56.5. The molecule has 3 heterocycles. The molecule has 2 saturated heterocycles. The van der Waals surface area contributed by atoms with Crippen molar-refractivity contribution in [1.82, 2.24) is 0 Å². The molecule has 3 aromatic rings. The first-order valence-corrected chi connectivity index (χ1v) is 11.7. The molecule has 3 atom stereocenters. The monoisotopic (exact) mass is 481 g/mol. The molecule has 1 aliphatic carbocycles. The van der Waals surface area contributed by atoms with Gasteiger partial charge in [-0.25, -0.2) is 4.90 Å². The molecule has 0 N–H and O–H groups in total. The third kappa shape index (κ3) is 2.56. The van der Waals surface area contributed by atoms with Crippen molar-refractivity contribution in [2.45, 2.75) is 11.7 Å². The number of anilines is 1. The predicted octanol–water partition coefficient (Wildman–Crippen LogP) is 3.15. The van der Waals surface area contributed by atoms with Gasteiger partial charge >= 0.3 is 0 Å². The molecular weight excluding hydrogens is 462 g/mol. The van der Waals surface area contributed by atoms with Crippen molar-refractivity contribution in [3.8, 4) is 11.5 Å². The number of Topliss-reactive ketones (excluding diaryl/α,β-unsaturated/α-hetero) is 2. The third-order valence-electron chi connectivity index (χ3n) is 7.43. The predicted molar refractivity (Wildman–Crippen MR) is 125 cm³/mol. The molecule has 3 aliphatic heterocycles. The van der Waals surface area contributed by atoms with Gasteiger partial charge in [0.05, 0.1) is 23.6 Å². The zero-order valence-electron chi connectivity index (χ0n) is 18.9. The van der Waals surface area contributed by atoms with Gasteiger partial charge in [0.15, 0.2) is 11.5 Å². The number of ketones is 2. The highest BCUT2D eigenvalue weighted by molar-refractivity contribution is 6.37. The van der Waals surface area contributed by atoms with Crippen molar-refractivity contribution in [3.63, 3.8) is 0 Å². The summed E-state index contributed by atoms with van der Waals surface area (Å²) in [7, 11) is 0. The van der Waals surface area contributed by atoms with Crippen LogP contribution in [0.3, 0.4) is 0 Å². The minimum absolute atomic E-state index is 0.202. The van der Waals surface area contributed by atoms with Crippen LogP contribution in [0.1, 0.15) is 32.4 Å². The zero-order chi connectivity index (χ0) is 24.6. The number of carbonyl (C=O) groups is 4. The standard InChI is InChI=1S/C28H19NO7/c30-24-17-8-4-5-9-18(17)25(31)28(24)22-21(23(36-28)15-6-2-1-3-7-15)26(32)29(27(22)33)16-10-11-19-20(14-16)35-13-12-34-19/h1-11,14,21-23H,12-13H2/t21-,22+,23-/m0/s1. The topological polar surface area (TPSA) is 99.2 Å². The Morgan fingerprint density at radius 3 is 2.06 bits per heavy atom. The van der Waals surface area contributed by atoms with Crippen LogP contribution >= 0.6 is 0 Å². The summed E-state index contributed by atoms with van der Waals surface area (Å²) in [5.74, 6) is -3.74. The van der Waals surface area contributed by atoms with Crippen LogP contribution in [0.15, 0.2) is 72.8 Å². The Morgan fingerprint density at radius 2 is 1.36 bits per heavy atom. The molecule has 0 unspecified atom stereocenters. The van der Waals surface area contributed by atoms with Crippen molar-refractivity contribution < 1.29 is 33.4 Å². The van der Waals surface area contributed by atoms with Crippen molar-refractivity contribution in [1.29, 1.82) is 0 Å². The first-order chi connectivity index (χ1) is 17.5. The fourth-order valence-corrected chi connectivity index (χ4v) is 5.89. The normalized spacial score (nSPS) is 25.4. The number of hydrogen-bond donors (Lipinski definition) is 0. The Labute approximate surface area is 205 Å². The average molecular weight is 481 g/mol. The molecule has 2 fully saturated rings. The highest BCUT2D eigenvalue weighted by atomic mass is 16.6. The molecule has 0 saturated carbocycles. The Morgan fingerprint density at radius 1 is 0.722 bits per heavy atom. The van der Waals surface area contributed by atoms with Crippen LogP contribution in [0.4, 0.5) is 5.69 Å². The van der Waals surface area contributed by atoms with Crippen molar-refractivity contribution in [2.24, 2.45) is 11.8 Å². The van der Waals surface area contributed by atoms with E-state index in [4.69, 9.17) is 14.2 Å². The second kappa shape index (κ2) is 7.35. The van der Waals surface area contributed by atoms with E-state index in [1.54, 1.807) is 66.7 Å². The van der Waals surface area contributed by atoms with Gasteiger partial charge in [-0.1, -0.05) is 54.6 Å². The highest BCUT2D eigenvalue weighted by Crippen LogP contribution is 2.57. The van der Waals surface area contributed by atoms with Gasteiger partial charge in [-0.05, 0) is 17.7 Å². The molecule has 0 radical (unpaired) electrons. The van der Waals surface area contributed by atoms with E-state index in [9.17, 15) is 19.2 Å². The number of fused-ring (bicyclic) bond motifs is 4. The molecule has 8 nitrogen and oxygen atoms in total. The van der Waals surface area contributed by atoms with Gasteiger partial charge in [0, 0.05) is 17.2 Å². The van der Waals surface area contributed by atoms with Crippen LogP contribution in [-0.4, -0.2) is 42.2 Å². The van der Waals surface area contributed by atoms with E-state index in [1.807, 2.05) is 6.07 Å². The van der Waals surface area contributed by atoms with Crippen LogP contribution in [0.2, 0.25) is 0 Å². The minimum Gasteiger partial charge on any atom is -0.486 e. The van der Waals surface area contributed by atoms with Crippen LogP contribution in [0.5, 0.6) is 11.5 Å². The second-order valence-corrected chi connectivity index (χ2v) is 9.23. The second-order valence-electron chi connectivity index (χ2n) is 9.23. The van der Waals surface area contributed by atoms with E-state index in [2.05, 4.69) is 0 Å². The van der Waals surface area contributed by atoms with Crippen molar-refractivity contribution in [2.75, 3.05) is 18.1 Å². The number of amides is 2. The van der Waals surface area contributed by atoms with E-state index in [0.717, 1.165) is 4.90 Å². The summed E-state index contributed by atoms with van der Waals surface area (Å²) in [6, 6.07) is 20.2. The maximum Gasteiger partial charge on any atom is 0.241 e. The number of ether oxygens (including phenoxy) is 3. The SMILES string of the molecule is O=C1[C@@H]2[C@H](c3ccccc3)OC3(C(=O)c4ccccc4C3=O)[C@H]2C(=O)N1c1ccc2c(c1)OCCO2. The maximum absolute atomic E-state index is 14.0. The largest absolute Gasteiger partial charge is 0.486 e. The van der Waals surface area contributed by atoms with Crippen molar-refractivity contribution >= 4 is 29.1 Å². The molecule has 2 amide bonds. The molecule has 4 aliphatic rings. The number of rotatable bonds is 2. The van der Waals surface area contributed by atoms with Crippen LogP contribution < -0.4 is 14.4 Å². The Hall–Kier alpha value is -4.30. The molecule has 7 rings (SSSR count). The molecule has 8 heteroatoms. The lowest BCUT2D eigenvalue weighted by Crippen LogP contribution is -2.51. The summed E-state index contributed by atoms with van der Waals surface area (Å²) < 4.78 is 17.5. The Balaban J connectivity index is 1.39. The average Bonchev–Trinajstić information content (AvgIpc) is 3.49. The fraction of sp³-hybridized carbons (Fsp3) is 0.214. The Kier molecular flexibility index (Phi) is 4.29. The molecular formula is C28H19NO7. The molecule has 3 aromatic carbocycles. The van der Waals surface area contributed by atoms with Crippen molar-refractivity contribution in [3.05, 3.63) is 89.5 Å². The van der Waals surface area contributed by atoms with E-state index >= 15 is 0 Å². The van der Waals surface area contributed by atoms with Gasteiger partial charge < -0.3 is 14.2 Å². The highest BCUT2D eigenvalue weighted by Gasteiger charge is 2.74. The molecule has 178 valence electrons. The van der Waals surface area contributed by atoms with E-state index in [1.165, 1.54) is 0 Å². The summed E-state index contributed by atoms with van der Waals surface area (Å²) in [6.07, 6.45) is -0.947. The van der Waals surface area contributed by atoms with Crippen LogP contribution in [-0.2, 0) is 14.3 Å². The number of nitrogens with zero attached hydrogens (tertiary/aromatic N) is 1. The lowest BCUT2D eigenvalue weighted by Gasteiger charge is -2.27. The van der Waals surface area contributed by atoms with Gasteiger partial charge in [-0.3, -0.25) is 19.2 Å². The van der Waals surface area contributed by atoms with Gasteiger partial charge in [0.2, 0.25) is 29.0 Å². The maximum atomic E-state index is 14.0. The van der Waals surface area contributed by atoms with E-state index in [0.29, 0.717) is 36.0 Å². The molecule has 36 heavy (non-hydrogen) atoms. The number of hydrogen-bond acceptors (Lipinski definition) is 7. The van der Waals surface area contributed by atoms with Gasteiger partial charge in [0.25, 0.3) is 0 Å². The first-order valence-electron chi connectivity index (χ1n) is 11.7. The van der Waals surface area contributed by atoms with E-state index in [-0.39, 0.29) is 11.1 Å². The van der Waals surface area contributed by atoms with Gasteiger partial charge in [-0.2, -0.15) is 0 Å². The third-order valence-corrected chi connectivity index (χ3v) is 7.43. The zero-order valence-corrected chi connectivity index (χ0v) is 18.9. The molecule has 0 aromatic heterocycles. The molecule has 0 bridgehead atoms.